The molecule has 1 amide bonds. The number of carbonyl (C=O) groups is 1. The minimum Gasteiger partial charge on any atom is -0.464 e. The molecule has 1 N–H and O–H groups in total. The minimum absolute atomic E-state index is 0.0164. The molecule has 4 rings (SSSR count). The Bertz CT molecular complexity index is 801. The van der Waals surface area contributed by atoms with Gasteiger partial charge in [0.15, 0.2) is 0 Å². The highest BCUT2D eigenvalue weighted by atomic mass is 16.3. The summed E-state index contributed by atoms with van der Waals surface area (Å²) in [6.45, 7) is 0. The Morgan fingerprint density at radius 1 is 1.22 bits per heavy atom. The molecule has 0 aliphatic heterocycles. The normalized spacial score (nSPS) is 21.4. The maximum absolute atomic E-state index is 12.4. The molecule has 0 bridgehead atoms. The van der Waals surface area contributed by atoms with Crippen LogP contribution in [-0.4, -0.2) is 26.7 Å². The molecule has 3 aromatic rings. The summed E-state index contributed by atoms with van der Waals surface area (Å²) in [5, 5.41) is 8.30. The van der Waals surface area contributed by atoms with Crippen LogP contribution in [0.5, 0.6) is 0 Å². The van der Waals surface area contributed by atoms with Crippen LogP contribution in [0, 0.1) is 0 Å². The molecular weight excluding hydrogens is 292 g/mol. The van der Waals surface area contributed by atoms with E-state index >= 15 is 0 Å². The first-order valence-electron chi connectivity index (χ1n) is 7.92. The summed E-state index contributed by atoms with van der Waals surface area (Å²) in [4.78, 5) is 16.4. The maximum Gasteiger partial charge on any atom is 0.251 e. The number of hydrogen-bond donors (Lipinski definition) is 1. The number of nitrogens with one attached hydrogen (secondary N) is 1. The van der Waals surface area contributed by atoms with Crippen molar-refractivity contribution in [1.82, 2.24) is 20.1 Å². The number of amides is 1. The van der Waals surface area contributed by atoms with Crippen LogP contribution in [0.2, 0.25) is 0 Å². The lowest BCUT2D eigenvalue weighted by Gasteiger charge is -2.29. The number of carbonyl (C=O) groups excluding carboxylic acids is 1. The first-order chi connectivity index (χ1) is 11.3. The fourth-order valence-corrected chi connectivity index (χ4v) is 3.27. The van der Waals surface area contributed by atoms with Crippen molar-refractivity contribution in [3.8, 4) is 0 Å². The topological polar surface area (TPSA) is 73.0 Å². The third-order valence-electron chi connectivity index (χ3n) is 4.56. The van der Waals surface area contributed by atoms with Crippen LogP contribution >= 0.6 is 0 Å². The molecule has 0 spiro atoms. The van der Waals surface area contributed by atoms with Gasteiger partial charge in [-0.15, -0.1) is 0 Å². The Balaban J connectivity index is 1.37. The maximum atomic E-state index is 12.4. The molecule has 1 saturated carbocycles. The Morgan fingerprint density at radius 3 is 2.87 bits per heavy atom. The number of fused-ring (bicyclic) bond motifs is 1. The molecule has 0 radical (unpaired) electrons. The Labute approximate surface area is 133 Å². The van der Waals surface area contributed by atoms with Gasteiger partial charge in [0.25, 0.3) is 5.91 Å². The van der Waals surface area contributed by atoms with Crippen LogP contribution in [0.4, 0.5) is 0 Å². The van der Waals surface area contributed by atoms with E-state index in [0.29, 0.717) is 11.6 Å². The van der Waals surface area contributed by atoms with Gasteiger partial charge in [0.2, 0.25) is 0 Å². The molecule has 1 fully saturated rings. The lowest BCUT2D eigenvalue weighted by molar-refractivity contribution is 0.0922. The summed E-state index contributed by atoms with van der Waals surface area (Å²) in [7, 11) is 0. The monoisotopic (exact) mass is 310 g/mol. The highest BCUT2D eigenvalue weighted by Crippen LogP contribution is 2.27. The molecule has 2 aromatic heterocycles. The third kappa shape index (κ3) is 2.84. The molecule has 1 aliphatic carbocycles. The highest BCUT2D eigenvalue weighted by Gasteiger charge is 2.24. The lowest BCUT2D eigenvalue weighted by Crippen LogP contribution is -2.38. The molecule has 0 unspecified atom stereocenters. The van der Waals surface area contributed by atoms with E-state index in [4.69, 9.17) is 4.42 Å². The lowest BCUT2D eigenvalue weighted by atomic mass is 9.91. The van der Waals surface area contributed by atoms with Crippen molar-refractivity contribution < 1.29 is 9.21 Å². The highest BCUT2D eigenvalue weighted by molar-refractivity contribution is 5.97. The van der Waals surface area contributed by atoms with E-state index in [0.717, 1.165) is 36.7 Å². The average molecular weight is 310 g/mol. The van der Waals surface area contributed by atoms with Gasteiger partial charge >= 0.3 is 0 Å². The molecular formula is C17H18N4O2. The number of benzene rings is 1. The zero-order valence-corrected chi connectivity index (χ0v) is 12.7. The summed E-state index contributed by atoms with van der Waals surface area (Å²) >= 11 is 0. The second kappa shape index (κ2) is 5.87. The largest absolute Gasteiger partial charge is 0.464 e. The van der Waals surface area contributed by atoms with Crippen LogP contribution < -0.4 is 5.32 Å². The average Bonchev–Trinajstić information content (AvgIpc) is 3.26. The first-order valence-corrected chi connectivity index (χ1v) is 7.92. The molecule has 6 heteroatoms. The zero-order chi connectivity index (χ0) is 15.6. The first kappa shape index (κ1) is 14.0. The van der Waals surface area contributed by atoms with Gasteiger partial charge in [0, 0.05) is 17.0 Å². The quantitative estimate of drug-likeness (QED) is 0.807. The minimum atomic E-state index is -0.0164. The van der Waals surface area contributed by atoms with Crippen molar-refractivity contribution >= 4 is 16.9 Å². The van der Waals surface area contributed by atoms with E-state index in [2.05, 4.69) is 15.4 Å². The van der Waals surface area contributed by atoms with Gasteiger partial charge < -0.3 is 9.73 Å². The third-order valence-corrected chi connectivity index (χ3v) is 4.56. The molecule has 6 nitrogen and oxygen atoms in total. The van der Waals surface area contributed by atoms with Gasteiger partial charge in [0.1, 0.15) is 18.2 Å². The number of hydrogen-bond acceptors (Lipinski definition) is 4. The van der Waals surface area contributed by atoms with Gasteiger partial charge in [-0.1, -0.05) is 0 Å². The smallest absolute Gasteiger partial charge is 0.251 e. The molecule has 2 heterocycles. The summed E-state index contributed by atoms with van der Waals surface area (Å²) in [5.41, 5.74) is 1.48. The van der Waals surface area contributed by atoms with Crippen molar-refractivity contribution in [1.29, 1.82) is 0 Å². The van der Waals surface area contributed by atoms with Crippen molar-refractivity contribution in [3.05, 3.63) is 48.7 Å². The van der Waals surface area contributed by atoms with Gasteiger partial charge in [0.05, 0.1) is 12.3 Å². The van der Waals surface area contributed by atoms with Crippen molar-refractivity contribution in [2.75, 3.05) is 0 Å². The van der Waals surface area contributed by atoms with Crippen LogP contribution in [-0.2, 0) is 0 Å². The molecule has 0 saturated heterocycles. The van der Waals surface area contributed by atoms with E-state index in [1.165, 1.54) is 0 Å². The van der Waals surface area contributed by atoms with Crippen molar-refractivity contribution in [3.63, 3.8) is 0 Å². The van der Waals surface area contributed by atoms with Crippen molar-refractivity contribution in [2.45, 2.75) is 37.8 Å². The second-order valence-electron chi connectivity index (χ2n) is 6.03. The van der Waals surface area contributed by atoms with Crippen LogP contribution in [0.15, 0.2) is 47.6 Å². The zero-order valence-electron chi connectivity index (χ0n) is 12.7. The summed E-state index contributed by atoms with van der Waals surface area (Å²) < 4.78 is 7.23. The summed E-state index contributed by atoms with van der Waals surface area (Å²) in [6.07, 6.45) is 8.92. The van der Waals surface area contributed by atoms with Gasteiger partial charge in [-0.05, 0) is 49.9 Å². The predicted molar refractivity (Wildman–Crippen MR) is 85.0 cm³/mol. The van der Waals surface area contributed by atoms with E-state index in [-0.39, 0.29) is 11.9 Å². The second-order valence-corrected chi connectivity index (χ2v) is 6.03. The SMILES string of the molecule is O=C(NC1CCC(n2cncn2)CC1)c1ccc2occc2c1. The number of nitrogens with zero attached hydrogens (tertiary/aromatic N) is 3. The molecule has 1 aliphatic rings. The molecule has 0 atom stereocenters. The van der Waals surface area contributed by atoms with Crippen molar-refractivity contribution in [2.24, 2.45) is 0 Å². The van der Waals surface area contributed by atoms with E-state index in [9.17, 15) is 4.79 Å². The predicted octanol–water partition coefficient (Wildman–Crippen LogP) is 2.94. The van der Waals surface area contributed by atoms with E-state index in [1.807, 2.05) is 28.9 Å². The fourth-order valence-electron chi connectivity index (χ4n) is 3.27. The van der Waals surface area contributed by atoms with Crippen LogP contribution in [0.1, 0.15) is 42.1 Å². The van der Waals surface area contributed by atoms with E-state index < -0.39 is 0 Å². The molecule has 23 heavy (non-hydrogen) atoms. The van der Waals surface area contributed by atoms with Crippen LogP contribution in [0.25, 0.3) is 11.0 Å². The standard InChI is InChI=1S/C17H18N4O2/c22-17(13-1-6-16-12(9-13)7-8-23-16)20-14-2-4-15(5-3-14)21-11-18-10-19-21/h1,6-11,14-15H,2-5H2,(H,20,22). The van der Waals surface area contributed by atoms with Gasteiger partial charge in [-0.2, -0.15) is 5.10 Å². The number of furan rings is 1. The summed E-state index contributed by atoms with van der Waals surface area (Å²) in [5.74, 6) is -0.0164. The fraction of sp³-hybridized carbons (Fsp3) is 0.353. The molecule has 1 aromatic carbocycles. The van der Waals surface area contributed by atoms with Gasteiger partial charge in [-0.3, -0.25) is 4.79 Å². The van der Waals surface area contributed by atoms with Gasteiger partial charge in [-0.25, -0.2) is 9.67 Å². The van der Waals surface area contributed by atoms with Crippen LogP contribution in [0.3, 0.4) is 0 Å². The Kier molecular flexibility index (Phi) is 3.57. The van der Waals surface area contributed by atoms with E-state index in [1.54, 1.807) is 18.9 Å². The Hall–Kier alpha value is -2.63. The number of aromatic nitrogens is 3. The Morgan fingerprint density at radius 2 is 2.09 bits per heavy atom. The summed E-state index contributed by atoms with van der Waals surface area (Å²) in [6, 6.07) is 8.01. The number of rotatable bonds is 3. The molecule has 118 valence electrons.